The molecule has 0 amide bonds. The molecule has 0 aliphatic heterocycles. The summed E-state index contributed by atoms with van der Waals surface area (Å²) in [5, 5.41) is 7.75. The van der Waals surface area contributed by atoms with E-state index in [0.29, 0.717) is 6.42 Å². The second kappa shape index (κ2) is 6.08. The fraction of sp³-hybridized carbons (Fsp3) is 0.800. The molecule has 2 rings (SSSR count). The van der Waals surface area contributed by atoms with Crippen molar-refractivity contribution in [2.24, 2.45) is 0 Å². The van der Waals surface area contributed by atoms with E-state index < -0.39 is 9.84 Å². The summed E-state index contributed by atoms with van der Waals surface area (Å²) in [5.74, 6) is 0. The quantitative estimate of drug-likeness (QED) is 0.926. The lowest BCUT2D eigenvalue weighted by molar-refractivity contribution is 0.324. The third kappa shape index (κ3) is 3.31. The van der Waals surface area contributed by atoms with Crippen LogP contribution in [0.4, 0.5) is 0 Å². The number of rotatable bonds is 4. The molecule has 1 aromatic heterocycles. The smallest absolute Gasteiger partial charge is 0.150 e. The van der Waals surface area contributed by atoms with Gasteiger partial charge in [0.2, 0.25) is 0 Å². The van der Waals surface area contributed by atoms with Crippen LogP contribution in [0.1, 0.15) is 61.6 Å². The van der Waals surface area contributed by atoms with Crippen LogP contribution in [-0.4, -0.2) is 36.8 Å². The summed E-state index contributed by atoms with van der Waals surface area (Å²) in [6.07, 6.45) is 4.80. The van der Waals surface area contributed by atoms with Crippen molar-refractivity contribution >= 4 is 9.84 Å². The summed E-state index contributed by atoms with van der Waals surface area (Å²) in [6, 6.07) is 0.461. The molecule has 6 heteroatoms. The van der Waals surface area contributed by atoms with Gasteiger partial charge in [-0.25, -0.2) is 8.42 Å². The topological polar surface area (TPSA) is 64.0 Å². The van der Waals surface area contributed by atoms with Crippen LogP contribution in [0, 0.1) is 13.8 Å². The molecule has 0 aromatic carbocycles. The van der Waals surface area contributed by atoms with Gasteiger partial charge in [0.05, 0.1) is 17.0 Å². The van der Waals surface area contributed by atoms with Crippen LogP contribution in [0.25, 0.3) is 0 Å². The van der Waals surface area contributed by atoms with Gasteiger partial charge in [-0.1, -0.05) is 6.42 Å². The molecule has 1 N–H and O–H groups in total. The van der Waals surface area contributed by atoms with E-state index in [9.17, 15) is 8.42 Å². The van der Waals surface area contributed by atoms with Gasteiger partial charge in [-0.2, -0.15) is 5.10 Å². The highest BCUT2D eigenvalue weighted by molar-refractivity contribution is 7.91. The van der Waals surface area contributed by atoms with Crippen molar-refractivity contribution in [2.75, 3.05) is 13.3 Å². The van der Waals surface area contributed by atoms with Crippen molar-refractivity contribution in [2.45, 2.75) is 63.8 Å². The normalized spacial score (nSPS) is 25.0. The Labute approximate surface area is 128 Å². The molecule has 120 valence electrons. The second-order valence-corrected chi connectivity index (χ2v) is 8.64. The Bertz CT molecular complexity index is 607. The summed E-state index contributed by atoms with van der Waals surface area (Å²) in [6.45, 7) is 6.25. The van der Waals surface area contributed by atoms with Gasteiger partial charge in [-0.05, 0) is 47.1 Å². The Morgan fingerprint density at radius 2 is 2.00 bits per heavy atom. The molecule has 21 heavy (non-hydrogen) atoms. The number of sulfone groups is 1. The lowest BCUT2D eigenvalue weighted by Gasteiger charge is -2.29. The third-order valence-electron chi connectivity index (χ3n) is 4.80. The molecule has 1 aliphatic rings. The van der Waals surface area contributed by atoms with Gasteiger partial charge < -0.3 is 5.32 Å². The lowest BCUT2D eigenvalue weighted by Crippen LogP contribution is -2.29. The van der Waals surface area contributed by atoms with E-state index in [1.54, 1.807) is 0 Å². The average molecular weight is 313 g/mol. The van der Waals surface area contributed by atoms with Gasteiger partial charge in [0, 0.05) is 23.6 Å². The standard InChI is InChI=1S/C15H27N3O2S/c1-10(16-4)15-11(2)17-18(12(15)3)13-7-6-8-14(9-13)21(5,19)20/h10,13-14,16H,6-9H2,1-5H3. The van der Waals surface area contributed by atoms with Crippen LogP contribution in [0.5, 0.6) is 0 Å². The van der Waals surface area contributed by atoms with Crippen LogP contribution in [-0.2, 0) is 9.84 Å². The average Bonchev–Trinajstić information content (AvgIpc) is 2.72. The summed E-state index contributed by atoms with van der Waals surface area (Å²) in [7, 11) is -1.01. The number of nitrogens with one attached hydrogen (secondary N) is 1. The highest BCUT2D eigenvalue weighted by Crippen LogP contribution is 2.34. The molecular formula is C15H27N3O2S. The minimum Gasteiger partial charge on any atom is -0.313 e. The van der Waals surface area contributed by atoms with Crippen LogP contribution < -0.4 is 5.32 Å². The van der Waals surface area contributed by atoms with Crippen LogP contribution >= 0.6 is 0 Å². The number of hydrogen-bond acceptors (Lipinski definition) is 4. The highest BCUT2D eigenvalue weighted by Gasteiger charge is 2.31. The zero-order valence-corrected chi connectivity index (χ0v) is 14.5. The maximum atomic E-state index is 11.8. The molecule has 0 radical (unpaired) electrons. The van der Waals surface area contributed by atoms with Gasteiger partial charge in [-0.15, -0.1) is 0 Å². The van der Waals surface area contributed by atoms with Gasteiger partial charge >= 0.3 is 0 Å². The lowest BCUT2D eigenvalue weighted by atomic mass is 9.94. The van der Waals surface area contributed by atoms with E-state index in [-0.39, 0.29) is 17.3 Å². The fourth-order valence-corrected chi connectivity index (χ4v) is 4.70. The first-order chi connectivity index (χ1) is 9.75. The van der Waals surface area contributed by atoms with E-state index in [2.05, 4.69) is 23.8 Å². The molecule has 1 fully saturated rings. The monoisotopic (exact) mass is 313 g/mol. The molecule has 0 saturated heterocycles. The first-order valence-electron chi connectivity index (χ1n) is 7.67. The van der Waals surface area contributed by atoms with Crippen molar-refractivity contribution in [3.63, 3.8) is 0 Å². The molecular weight excluding hydrogens is 286 g/mol. The Kier molecular flexibility index (Phi) is 4.78. The van der Waals surface area contributed by atoms with Gasteiger partial charge in [-0.3, -0.25) is 4.68 Å². The Morgan fingerprint density at radius 3 is 2.57 bits per heavy atom. The van der Waals surface area contributed by atoms with E-state index >= 15 is 0 Å². The summed E-state index contributed by atoms with van der Waals surface area (Å²) >= 11 is 0. The van der Waals surface area contributed by atoms with Crippen molar-refractivity contribution < 1.29 is 8.42 Å². The molecule has 1 heterocycles. The third-order valence-corrected chi connectivity index (χ3v) is 6.44. The van der Waals surface area contributed by atoms with Crippen molar-refractivity contribution in [3.8, 4) is 0 Å². The SMILES string of the molecule is CNC(C)c1c(C)nn(C2CCCC(S(C)(=O)=O)C2)c1C. The minimum absolute atomic E-state index is 0.204. The number of hydrogen-bond donors (Lipinski definition) is 1. The maximum Gasteiger partial charge on any atom is 0.150 e. The molecule has 1 saturated carbocycles. The summed E-state index contributed by atoms with van der Waals surface area (Å²) < 4.78 is 25.7. The van der Waals surface area contributed by atoms with Crippen molar-refractivity contribution in [1.29, 1.82) is 0 Å². The first-order valence-corrected chi connectivity index (χ1v) is 9.62. The molecule has 1 aromatic rings. The Balaban J connectivity index is 2.30. The van der Waals surface area contributed by atoms with Crippen molar-refractivity contribution in [1.82, 2.24) is 15.1 Å². The number of nitrogens with zero attached hydrogens (tertiary/aromatic N) is 2. The van der Waals surface area contributed by atoms with Gasteiger partial charge in [0.25, 0.3) is 0 Å². The summed E-state index contributed by atoms with van der Waals surface area (Å²) in [5.41, 5.74) is 3.43. The predicted octanol–water partition coefficient (Wildman–Crippen LogP) is 2.31. The van der Waals surface area contributed by atoms with E-state index in [1.807, 2.05) is 14.0 Å². The maximum absolute atomic E-state index is 11.8. The molecule has 3 atom stereocenters. The zero-order valence-electron chi connectivity index (χ0n) is 13.7. The van der Waals surface area contributed by atoms with Crippen LogP contribution in [0.15, 0.2) is 0 Å². The summed E-state index contributed by atoms with van der Waals surface area (Å²) in [4.78, 5) is 0. The van der Waals surface area contributed by atoms with Crippen LogP contribution in [0.2, 0.25) is 0 Å². The Morgan fingerprint density at radius 1 is 1.33 bits per heavy atom. The van der Waals surface area contributed by atoms with Crippen LogP contribution in [0.3, 0.4) is 0 Å². The fourth-order valence-electron chi connectivity index (χ4n) is 3.53. The minimum atomic E-state index is -2.96. The molecule has 5 nitrogen and oxygen atoms in total. The van der Waals surface area contributed by atoms with Crippen molar-refractivity contribution in [3.05, 3.63) is 17.0 Å². The Hall–Kier alpha value is -0.880. The first kappa shape index (κ1) is 16.5. The number of aromatic nitrogens is 2. The van der Waals surface area contributed by atoms with E-state index in [4.69, 9.17) is 5.10 Å². The van der Waals surface area contributed by atoms with Gasteiger partial charge in [0.1, 0.15) is 9.84 Å². The second-order valence-electron chi connectivity index (χ2n) is 6.31. The predicted molar refractivity (Wildman–Crippen MR) is 85.3 cm³/mol. The molecule has 3 unspecified atom stereocenters. The zero-order chi connectivity index (χ0) is 15.8. The van der Waals surface area contributed by atoms with Gasteiger partial charge in [0.15, 0.2) is 0 Å². The molecule has 0 spiro atoms. The number of aryl methyl sites for hydroxylation is 1. The highest BCUT2D eigenvalue weighted by atomic mass is 32.2. The largest absolute Gasteiger partial charge is 0.313 e. The molecule has 1 aliphatic carbocycles. The van der Waals surface area contributed by atoms with E-state index in [1.165, 1.54) is 11.8 Å². The van der Waals surface area contributed by atoms with E-state index in [0.717, 1.165) is 30.7 Å². The molecule has 0 bridgehead atoms.